The van der Waals surface area contributed by atoms with Crippen LogP contribution in [0.3, 0.4) is 0 Å². The number of benzene rings is 1. The summed E-state index contributed by atoms with van der Waals surface area (Å²) in [7, 11) is 0. The van der Waals surface area contributed by atoms with Gasteiger partial charge in [0, 0.05) is 50.1 Å². The van der Waals surface area contributed by atoms with E-state index in [1.165, 1.54) is 5.56 Å². The van der Waals surface area contributed by atoms with Crippen LogP contribution >= 0.6 is 23.8 Å². The number of hydrogen-bond donors (Lipinski definition) is 0. The first-order chi connectivity index (χ1) is 13.2. The molecule has 0 amide bonds. The van der Waals surface area contributed by atoms with Gasteiger partial charge in [0.2, 0.25) is 5.89 Å². The molecule has 3 heterocycles. The Morgan fingerprint density at radius 2 is 1.78 bits per heavy atom. The summed E-state index contributed by atoms with van der Waals surface area (Å²) in [4.78, 5) is 9.27. The molecule has 6 nitrogen and oxygen atoms in total. The second-order valence-electron chi connectivity index (χ2n) is 6.58. The predicted octanol–water partition coefficient (Wildman–Crippen LogP) is 3.70. The molecule has 1 saturated heterocycles. The number of piperazine rings is 1. The lowest BCUT2D eigenvalue weighted by molar-refractivity contribution is 0.0974. The van der Waals surface area contributed by atoms with Crippen molar-refractivity contribution in [3.05, 3.63) is 64.2 Å². The lowest BCUT2D eigenvalue weighted by Crippen LogP contribution is -2.46. The molecule has 140 valence electrons. The molecule has 1 aliphatic rings. The Morgan fingerprint density at radius 1 is 1.04 bits per heavy atom. The molecule has 1 fully saturated rings. The van der Waals surface area contributed by atoms with Gasteiger partial charge in [-0.25, -0.2) is 4.68 Å². The second kappa shape index (κ2) is 8.31. The molecule has 0 saturated carbocycles. The van der Waals surface area contributed by atoms with Crippen molar-refractivity contribution < 1.29 is 4.42 Å². The minimum atomic E-state index is 0.387. The minimum Gasteiger partial charge on any atom is -0.409 e. The predicted molar refractivity (Wildman–Crippen MR) is 107 cm³/mol. The Morgan fingerprint density at radius 3 is 2.48 bits per heavy atom. The molecule has 4 rings (SSSR count). The van der Waals surface area contributed by atoms with Gasteiger partial charge in [-0.2, -0.15) is 0 Å². The Kier molecular flexibility index (Phi) is 5.63. The summed E-state index contributed by atoms with van der Waals surface area (Å²) in [6.45, 7) is 5.51. The molecule has 1 aromatic carbocycles. The van der Waals surface area contributed by atoms with Crippen LogP contribution in [0.25, 0.3) is 11.5 Å². The normalized spacial score (nSPS) is 15.9. The first-order valence-corrected chi connectivity index (χ1v) is 9.63. The number of nitrogens with zero attached hydrogens (tertiary/aromatic N) is 5. The second-order valence-corrected chi connectivity index (χ2v) is 7.36. The average molecular weight is 402 g/mol. The van der Waals surface area contributed by atoms with Gasteiger partial charge in [0.1, 0.15) is 0 Å². The molecule has 0 spiro atoms. The molecule has 27 heavy (non-hydrogen) atoms. The zero-order valence-electron chi connectivity index (χ0n) is 14.8. The van der Waals surface area contributed by atoms with E-state index in [4.69, 9.17) is 28.2 Å². The number of rotatable bonds is 5. The molecule has 0 aliphatic carbocycles. The fourth-order valence-electron chi connectivity index (χ4n) is 3.13. The third-order valence-electron chi connectivity index (χ3n) is 4.63. The largest absolute Gasteiger partial charge is 0.409 e. The quantitative estimate of drug-likeness (QED) is 0.607. The molecular weight excluding hydrogens is 382 g/mol. The lowest BCUT2D eigenvalue weighted by atomic mass is 10.2. The molecule has 0 atom stereocenters. The SMILES string of the molecule is S=c1oc(-c2cccnc2)nn1CN1CCN(Cc2ccc(Cl)cc2)CC1. The number of pyridine rings is 1. The highest BCUT2D eigenvalue weighted by Crippen LogP contribution is 2.17. The van der Waals surface area contributed by atoms with Crippen molar-refractivity contribution in [1.29, 1.82) is 0 Å². The maximum absolute atomic E-state index is 5.96. The number of hydrogen-bond acceptors (Lipinski definition) is 6. The van der Waals surface area contributed by atoms with Crippen LogP contribution in [0, 0.1) is 4.84 Å². The van der Waals surface area contributed by atoms with Crippen LogP contribution in [0.4, 0.5) is 0 Å². The maximum Gasteiger partial charge on any atom is 0.288 e. The monoisotopic (exact) mass is 401 g/mol. The van der Waals surface area contributed by atoms with Crippen LogP contribution in [0.1, 0.15) is 5.56 Å². The minimum absolute atomic E-state index is 0.387. The lowest BCUT2D eigenvalue weighted by Gasteiger charge is -2.34. The van der Waals surface area contributed by atoms with E-state index in [0.717, 1.165) is 43.3 Å². The molecule has 8 heteroatoms. The van der Waals surface area contributed by atoms with E-state index in [-0.39, 0.29) is 0 Å². The average Bonchev–Trinajstić information content (AvgIpc) is 3.06. The maximum atomic E-state index is 5.96. The summed E-state index contributed by atoms with van der Waals surface area (Å²) in [5.41, 5.74) is 2.11. The van der Waals surface area contributed by atoms with Crippen LogP contribution in [0.15, 0.2) is 53.2 Å². The topological polar surface area (TPSA) is 50.3 Å². The van der Waals surface area contributed by atoms with Crippen LogP contribution in [0.5, 0.6) is 0 Å². The molecule has 0 radical (unpaired) electrons. The molecule has 0 unspecified atom stereocenters. The Hall–Kier alpha value is -2.06. The van der Waals surface area contributed by atoms with E-state index in [2.05, 4.69) is 32.0 Å². The van der Waals surface area contributed by atoms with Crippen molar-refractivity contribution in [3.63, 3.8) is 0 Å². The molecule has 0 bridgehead atoms. The summed E-state index contributed by atoms with van der Waals surface area (Å²) >= 11 is 11.3. The first-order valence-electron chi connectivity index (χ1n) is 8.85. The third-order valence-corrected chi connectivity index (χ3v) is 5.18. The van der Waals surface area contributed by atoms with Gasteiger partial charge in [-0.1, -0.05) is 23.7 Å². The van der Waals surface area contributed by atoms with Crippen molar-refractivity contribution in [2.24, 2.45) is 0 Å². The third kappa shape index (κ3) is 4.62. The summed E-state index contributed by atoms with van der Waals surface area (Å²) in [5, 5.41) is 5.28. The Bertz CT molecular complexity index is 933. The summed E-state index contributed by atoms with van der Waals surface area (Å²) in [5.74, 6) is 0.509. The standard InChI is InChI=1S/C19H20ClN5OS/c20-17-5-3-15(4-6-17)13-23-8-10-24(11-9-23)14-25-19(27)26-18(22-25)16-2-1-7-21-12-16/h1-7,12H,8-11,13-14H2. The zero-order valence-corrected chi connectivity index (χ0v) is 16.4. The molecule has 1 aliphatic heterocycles. The highest BCUT2D eigenvalue weighted by molar-refractivity contribution is 7.71. The Balaban J connectivity index is 1.33. The van der Waals surface area contributed by atoms with Gasteiger partial charge >= 0.3 is 0 Å². The van der Waals surface area contributed by atoms with Gasteiger partial charge in [0.25, 0.3) is 4.84 Å². The van der Waals surface area contributed by atoms with Crippen molar-refractivity contribution in [2.75, 3.05) is 26.2 Å². The summed E-state index contributed by atoms with van der Waals surface area (Å²) in [6.07, 6.45) is 3.44. The van der Waals surface area contributed by atoms with Gasteiger partial charge in [-0.3, -0.25) is 14.8 Å². The summed E-state index contributed by atoms with van der Waals surface area (Å²) < 4.78 is 7.37. The van der Waals surface area contributed by atoms with Crippen LogP contribution < -0.4 is 0 Å². The van der Waals surface area contributed by atoms with Gasteiger partial charge in [0.05, 0.1) is 12.2 Å². The van der Waals surface area contributed by atoms with Gasteiger partial charge < -0.3 is 4.42 Å². The molecular formula is C19H20ClN5OS. The van der Waals surface area contributed by atoms with Crippen LogP contribution in [-0.2, 0) is 13.2 Å². The smallest absolute Gasteiger partial charge is 0.288 e. The van der Waals surface area contributed by atoms with Gasteiger partial charge in [-0.05, 0) is 42.0 Å². The van der Waals surface area contributed by atoms with E-state index in [0.29, 0.717) is 17.4 Å². The fraction of sp³-hybridized carbons (Fsp3) is 0.316. The van der Waals surface area contributed by atoms with Gasteiger partial charge in [-0.15, -0.1) is 5.10 Å². The van der Waals surface area contributed by atoms with E-state index >= 15 is 0 Å². The van der Waals surface area contributed by atoms with Crippen molar-refractivity contribution in [1.82, 2.24) is 24.6 Å². The molecule has 3 aromatic rings. The fourth-order valence-corrected chi connectivity index (χ4v) is 3.43. The number of halogens is 1. The van der Waals surface area contributed by atoms with E-state index in [1.54, 1.807) is 17.1 Å². The summed E-state index contributed by atoms with van der Waals surface area (Å²) in [6, 6.07) is 11.8. The Labute approximate surface area is 168 Å². The first kappa shape index (κ1) is 18.3. The van der Waals surface area contributed by atoms with E-state index in [1.807, 2.05) is 24.3 Å². The highest BCUT2D eigenvalue weighted by Gasteiger charge is 2.18. The van der Waals surface area contributed by atoms with Gasteiger partial charge in [0.15, 0.2) is 0 Å². The van der Waals surface area contributed by atoms with Crippen LogP contribution in [-0.4, -0.2) is 50.7 Å². The molecule has 2 aromatic heterocycles. The highest BCUT2D eigenvalue weighted by atomic mass is 35.5. The molecule has 0 N–H and O–H groups in total. The number of aromatic nitrogens is 3. The van der Waals surface area contributed by atoms with Crippen LogP contribution in [0.2, 0.25) is 5.02 Å². The van der Waals surface area contributed by atoms with Crippen molar-refractivity contribution in [2.45, 2.75) is 13.2 Å². The van der Waals surface area contributed by atoms with E-state index < -0.39 is 0 Å². The van der Waals surface area contributed by atoms with Crippen molar-refractivity contribution in [3.8, 4) is 11.5 Å². The van der Waals surface area contributed by atoms with E-state index in [9.17, 15) is 0 Å². The zero-order chi connectivity index (χ0) is 18.6. The van der Waals surface area contributed by atoms with Crippen molar-refractivity contribution >= 4 is 23.8 Å².